The molecule has 4 atom stereocenters. The zero-order valence-electron chi connectivity index (χ0n) is 13.4. The van der Waals surface area contributed by atoms with Gasteiger partial charge in [-0.25, -0.2) is 0 Å². The Hall–Kier alpha value is -0.160. The Labute approximate surface area is 117 Å². The molecule has 0 amide bonds. The molecule has 0 saturated carbocycles. The van der Waals surface area contributed by atoms with Crippen LogP contribution in [0.4, 0.5) is 0 Å². The summed E-state index contributed by atoms with van der Waals surface area (Å²) in [6, 6.07) is 0. The van der Waals surface area contributed by atoms with Crippen molar-refractivity contribution >= 4 is 0 Å². The maximum atomic E-state index is 10.6. The van der Waals surface area contributed by atoms with Crippen LogP contribution >= 0.6 is 0 Å². The van der Waals surface area contributed by atoms with Gasteiger partial charge in [-0.05, 0) is 41.0 Å². The van der Waals surface area contributed by atoms with Gasteiger partial charge in [-0.3, -0.25) is 0 Å². The number of ether oxygens (including phenoxy) is 3. The van der Waals surface area contributed by atoms with E-state index in [1.165, 1.54) is 0 Å². The molecule has 1 aliphatic rings. The summed E-state index contributed by atoms with van der Waals surface area (Å²) in [6.45, 7) is 14.4. The van der Waals surface area contributed by atoms with Gasteiger partial charge in [0.1, 0.15) is 6.10 Å². The number of hydrogen-bond donors (Lipinski definition) is 1. The summed E-state index contributed by atoms with van der Waals surface area (Å²) in [5.41, 5.74) is -0.272. The molecule has 0 aromatic rings. The lowest BCUT2D eigenvalue weighted by Crippen LogP contribution is -2.54. The largest absolute Gasteiger partial charge is 0.388 e. The van der Waals surface area contributed by atoms with Crippen molar-refractivity contribution in [2.24, 2.45) is 5.92 Å². The van der Waals surface area contributed by atoms with Crippen LogP contribution in [0.1, 0.15) is 54.9 Å². The van der Waals surface area contributed by atoms with Crippen molar-refractivity contribution in [1.82, 2.24) is 0 Å². The van der Waals surface area contributed by atoms with Crippen LogP contribution < -0.4 is 0 Å². The lowest BCUT2D eigenvalue weighted by molar-refractivity contribution is -0.314. The molecule has 1 saturated heterocycles. The summed E-state index contributed by atoms with van der Waals surface area (Å²) in [4.78, 5) is 0. The Morgan fingerprint density at radius 2 is 1.95 bits per heavy atom. The van der Waals surface area contributed by atoms with Gasteiger partial charge >= 0.3 is 0 Å². The predicted octanol–water partition coefficient (Wildman–Crippen LogP) is 2.73. The summed E-state index contributed by atoms with van der Waals surface area (Å²) in [5, 5.41) is 10.6. The second-order valence-electron chi connectivity index (χ2n) is 6.94. The number of rotatable bonds is 4. The molecule has 4 heteroatoms. The van der Waals surface area contributed by atoms with Crippen LogP contribution in [0, 0.1) is 5.92 Å². The standard InChI is InChI=1S/C15H30O4/c1-8-11(18-14(3,4)5)12(16)13-10(2)9-17-15(6,7)19-13/h10-13,16H,8-9H2,1-7H3/t10?,11-,12?,13-/m1/s1. The lowest BCUT2D eigenvalue weighted by atomic mass is 9.93. The van der Waals surface area contributed by atoms with Crippen molar-refractivity contribution < 1.29 is 19.3 Å². The Morgan fingerprint density at radius 1 is 1.37 bits per heavy atom. The number of hydrogen-bond acceptors (Lipinski definition) is 4. The van der Waals surface area contributed by atoms with Crippen LogP contribution in [-0.2, 0) is 14.2 Å². The van der Waals surface area contributed by atoms with Gasteiger partial charge in [0.2, 0.25) is 0 Å². The molecular weight excluding hydrogens is 244 g/mol. The van der Waals surface area contributed by atoms with E-state index in [1.807, 2.05) is 48.5 Å². The van der Waals surface area contributed by atoms with E-state index in [0.29, 0.717) is 6.61 Å². The Balaban J connectivity index is 2.75. The summed E-state index contributed by atoms with van der Waals surface area (Å²) >= 11 is 0. The van der Waals surface area contributed by atoms with Crippen molar-refractivity contribution in [1.29, 1.82) is 0 Å². The van der Waals surface area contributed by atoms with Crippen LogP contribution in [0.3, 0.4) is 0 Å². The fourth-order valence-corrected chi connectivity index (χ4v) is 2.37. The third kappa shape index (κ3) is 5.03. The molecule has 1 fully saturated rings. The van der Waals surface area contributed by atoms with Crippen molar-refractivity contribution in [3.05, 3.63) is 0 Å². The maximum Gasteiger partial charge on any atom is 0.163 e. The zero-order chi connectivity index (χ0) is 14.8. The lowest BCUT2D eigenvalue weighted by Gasteiger charge is -2.44. The van der Waals surface area contributed by atoms with Crippen molar-refractivity contribution in [3.8, 4) is 0 Å². The first-order valence-electron chi connectivity index (χ1n) is 7.23. The molecule has 114 valence electrons. The molecule has 0 aliphatic carbocycles. The molecular formula is C15H30O4. The van der Waals surface area contributed by atoms with Gasteiger partial charge in [0, 0.05) is 5.92 Å². The highest BCUT2D eigenvalue weighted by molar-refractivity contribution is 4.86. The van der Waals surface area contributed by atoms with Gasteiger partial charge in [0.15, 0.2) is 5.79 Å². The van der Waals surface area contributed by atoms with E-state index in [9.17, 15) is 5.11 Å². The molecule has 0 aromatic carbocycles. The highest BCUT2D eigenvalue weighted by Crippen LogP contribution is 2.30. The predicted molar refractivity (Wildman–Crippen MR) is 75.0 cm³/mol. The smallest absolute Gasteiger partial charge is 0.163 e. The van der Waals surface area contributed by atoms with E-state index in [2.05, 4.69) is 0 Å². The van der Waals surface area contributed by atoms with Gasteiger partial charge in [0.05, 0.1) is 24.4 Å². The average molecular weight is 274 g/mol. The van der Waals surface area contributed by atoms with Crippen LogP contribution in [0.25, 0.3) is 0 Å². The monoisotopic (exact) mass is 274 g/mol. The fraction of sp³-hybridized carbons (Fsp3) is 1.00. The topological polar surface area (TPSA) is 47.9 Å². The molecule has 0 aromatic heterocycles. The van der Waals surface area contributed by atoms with E-state index in [4.69, 9.17) is 14.2 Å². The van der Waals surface area contributed by atoms with E-state index in [-0.39, 0.29) is 23.7 Å². The molecule has 0 radical (unpaired) electrons. The van der Waals surface area contributed by atoms with Crippen molar-refractivity contribution in [3.63, 3.8) is 0 Å². The maximum absolute atomic E-state index is 10.6. The normalized spacial score (nSPS) is 30.9. The molecule has 0 bridgehead atoms. The minimum Gasteiger partial charge on any atom is -0.388 e. The number of aliphatic hydroxyl groups is 1. The van der Waals surface area contributed by atoms with Crippen molar-refractivity contribution in [2.75, 3.05) is 6.61 Å². The van der Waals surface area contributed by atoms with Crippen LogP contribution in [0.2, 0.25) is 0 Å². The molecule has 1 aliphatic heterocycles. The summed E-state index contributed by atoms with van der Waals surface area (Å²) in [7, 11) is 0. The first kappa shape index (κ1) is 16.9. The SMILES string of the molecule is CC[C@@H](OC(C)(C)C)C(O)[C@@H]1OC(C)(C)OCC1C. The molecule has 19 heavy (non-hydrogen) atoms. The molecule has 1 N–H and O–H groups in total. The molecule has 1 rings (SSSR count). The Kier molecular flexibility index (Phi) is 5.41. The summed E-state index contributed by atoms with van der Waals surface area (Å²) in [6.07, 6.45) is -0.355. The summed E-state index contributed by atoms with van der Waals surface area (Å²) < 4.78 is 17.4. The zero-order valence-corrected chi connectivity index (χ0v) is 13.4. The first-order chi connectivity index (χ1) is 8.56. The quantitative estimate of drug-likeness (QED) is 0.856. The summed E-state index contributed by atoms with van der Waals surface area (Å²) in [5.74, 6) is -0.487. The van der Waals surface area contributed by atoms with E-state index < -0.39 is 11.9 Å². The van der Waals surface area contributed by atoms with Gasteiger partial charge in [-0.2, -0.15) is 0 Å². The highest BCUT2D eigenvalue weighted by atomic mass is 16.7. The highest BCUT2D eigenvalue weighted by Gasteiger charge is 2.41. The second kappa shape index (κ2) is 6.08. The fourth-order valence-electron chi connectivity index (χ4n) is 2.37. The molecule has 2 unspecified atom stereocenters. The van der Waals surface area contributed by atoms with E-state index >= 15 is 0 Å². The Morgan fingerprint density at radius 3 is 2.42 bits per heavy atom. The van der Waals surface area contributed by atoms with Gasteiger partial charge < -0.3 is 19.3 Å². The molecule has 0 spiro atoms. The molecule has 4 nitrogen and oxygen atoms in total. The average Bonchev–Trinajstić information content (AvgIpc) is 2.27. The minimum absolute atomic E-state index is 0.153. The van der Waals surface area contributed by atoms with Crippen molar-refractivity contribution in [2.45, 2.75) is 84.6 Å². The van der Waals surface area contributed by atoms with Gasteiger partial charge in [-0.1, -0.05) is 13.8 Å². The minimum atomic E-state index is -0.641. The number of aliphatic hydroxyl groups excluding tert-OH is 1. The van der Waals surface area contributed by atoms with Crippen LogP contribution in [0.5, 0.6) is 0 Å². The van der Waals surface area contributed by atoms with Gasteiger partial charge in [-0.15, -0.1) is 0 Å². The molecule has 1 heterocycles. The van der Waals surface area contributed by atoms with Gasteiger partial charge in [0.25, 0.3) is 0 Å². The third-order valence-electron chi connectivity index (χ3n) is 3.30. The second-order valence-corrected chi connectivity index (χ2v) is 6.94. The Bertz CT molecular complexity index is 282. The third-order valence-corrected chi connectivity index (χ3v) is 3.30. The van der Waals surface area contributed by atoms with E-state index in [0.717, 1.165) is 6.42 Å². The first-order valence-corrected chi connectivity index (χ1v) is 7.23. The van der Waals surface area contributed by atoms with Crippen LogP contribution in [-0.4, -0.2) is 41.4 Å². The van der Waals surface area contributed by atoms with Crippen LogP contribution in [0.15, 0.2) is 0 Å². The van der Waals surface area contributed by atoms with E-state index in [1.54, 1.807) is 0 Å².